The van der Waals surface area contributed by atoms with Gasteiger partial charge in [0.2, 0.25) is 0 Å². The molecular weight excluding hydrogens is 192 g/mol. The summed E-state index contributed by atoms with van der Waals surface area (Å²) >= 11 is 0. The fourth-order valence-electron chi connectivity index (χ4n) is 3.71. The second-order valence-corrected chi connectivity index (χ2v) is 5.03. The van der Waals surface area contributed by atoms with Gasteiger partial charge in [-0.25, -0.2) is 0 Å². The first-order chi connectivity index (χ1) is 7.09. The number of methoxy groups -OCH3 is 1. The average molecular weight is 214 g/mol. The van der Waals surface area contributed by atoms with E-state index < -0.39 is 0 Å². The molecule has 6 unspecified atom stereocenters. The molecular formula is C12H22O3. The number of aliphatic hydroxyl groups excluding tert-OH is 1. The molecule has 2 aliphatic rings. The smallest absolute Gasteiger partial charge is 0.0706 e. The first-order valence-corrected chi connectivity index (χ1v) is 5.92. The molecule has 0 aromatic rings. The highest BCUT2D eigenvalue weighted by Crippen LogP contribution is 2.68. The quantitative estimate of drug-likeness (QED) is 0.769. The number of hydrogen-bond acceptors (Lipinski definition) is 3. The van der Waals surface area contributed by atoms with Crippen molar-refractivity contribution in [3.8, 4) is 0 Å². The van der Waals surface area contributed by atoms with Crippen molar-refractivity contribution in [1.82, 2.24) is 0 Å². The van der Waals surface area contributed by atoms with Crippen molar-refractivity contribution in [2.24, 2.45) is 17.3 Å². The Morgan fingerprint density at radius 2 is 2.20 bits per heavy atom. The van der Waals surface area contributed by atoms with Gasteiger partial charge in [-0.2, -0.15) is 0 Å². The summed E-state index contributed by atoms with van der Waals surface area (Å²) in [6.45, 7) is 6.83. The van der Waals surface area contributed by atoms with Gasteiger partial charge in [0.15, 0.2) is 0 Å². The lowest BCUT2D eigenvalue weighted by atomic mass is 9.90. The van der Waals surface area contributed by atoms with E-state index in [0.717, 1.165) is 13.0 Å². The van der Waals surface area contributed by atoms with Gasteiger partial charge >= 0.3 is 0 Å². The Balaban J connectivity index is 2.18. The minimum Gasteiger partial charge on any atom is -0.393 e. The Labute approximate surface area is 91.8 Å². The van der Waals surface area contributed by atoms with Crippen LogP contribution in [0, 0.1) is 17.3 Å². The fraction of sp³-hybridized carbons (Fsp3) is 1.00. The summed E-state index contributed by atoms with van der Waals surface area (Å²) in [5.74, 6) is 0.890. The second-order valence-electron chi connectivity index (χ2n) is 5.03. The third-order valence-corrected chi connectivity index (χ3v) is 4.42. The van der Waals surface area contributed by atoms with Gasteiger partial charge in [0.05, 0.1) is 18.3 Å². The van der Waals surface area contributed by atoms with Gasteiger partial charge in [0.25, 0.3) is 0 Å². The van der Waals surface area contributed by atoms with Crippen LogP contribution in [0.1, 0.15) is 27.2 Å². The molecule has 0 bridgehead atoms. The molecule has 0 spiro atoms. The van der Waals surface area contributed by atoms with E-state index in [-0.39, 0.29) is 23.7 Å². The minimum atomic E-state index is -0.291. The highest BCUT2D eigenvalue weighted by atomic mass is 16.5. The molecule has 0 saturated heterocycles. The molecule has 88 valence electrons. The number of rotatable bonds is 4. The van der Waals surface area contributed by atoms with Gasteiger partial charge in [-0.15, -0.1) is 0 Å². The maximum atomic E-state index is 9.92. The van der Waals surface area contributed by atoms with Crippen molar-refractivity contribution in [3.05, 3.63) is 0 Å². The Bertz CT molecular complexity index is 241. The van der Waals surface area contributed by atoms with Crippen molar-refractivity contribution in [2.45, 2.75) is 45.5 Å². The zero-order chi connectivity index (χ0) is 11.2. The van der Waals surface area contributed by atoms with Crippen LogP contribution in [0.3, 0.4) is 0 Å². The molecule has 0 amide bonds. The maximum absolute atomic E-state index is 9.92. The Kier molecular flexibility index (Phi) is 2.82. The lowest BCUT2D eigenvalue weighted by Gasteiger charge is -2.29. The normalized spacial score (nSPS) is 50.2. The highest BCUT2D eigenvalue weighted by Gasteiger charge is 2.72. The van der Waals surface area contributed by atoms with E-state index in [1.165, 1.54) is 0 Å². The fourth-order valence-corrected chi connectivity index (χ4v) is 3.71. The number of hydrogen-bond donors (Lipinski definition) is 1. The Morgan fingerprint density at radius 1 is 1.53 bits per heavy atom. The van der Waals surface area contributed by atoms with Gasteiger partial charge in [-0.3, -0.25) is 0 Å². The van der Waals surface area contributed by atoms with Gasteiger partial charge < -0.3 is 14.6 Å². The molecule has 0 aliphatic heterocycles. The van der Waals surface area contributed by atoms with Crippen LogP contribution < -0.4 is 0 Å². The molecule has 6 atom stereocenters. The summed E-state index contributed by atoms with van der Waals surface area (Å²) in [5.41, 5.74) is -0.0198. The van der Waals surface area contributed by atoms with Gasteiger partial charge in [0.1, 0.15) is 0 Å². The van der Waals surface area contributed by atoms with E-state index in [2.05, 4.69) is 6.92 Å². The topological polar surface area (TPSA) is 38.7 Å². The standard InChI is InChI=1S/C12H22O3/c1-5-15-10-7(2)11(14-4)12(8(3)13)6-9(10)12/h7-11,13H,5-6H2,1-4H3. The van der Waals surface area contributed by atoms with E-state index in [9.17, 15) is 5.11 Å². The first-order valence-electron chi connectivity index (χ1n) is 5.92. The van der Waals surface area contributed by atoms with Gasteiger partial charge in [-0.1, -0.05) is 6.92 Å². The summed E-state index contributed by atoms with van der Waals surface area (Å²) < 4.78 is 11.4. The van der Waals surface area contributed by atoms with Crippen molar-refractivity contribution >= 4 is 0 Å². The summed E-state index contributed by atoms with van der Waals surface area (Å²) in [6.07, 6.45) is 1.19. The molecule has 2 saturated carbocycles. The van der Waals surface area contributed by atoms with Crippen molar-refractivity contribution in [3.63, 3.8) is 0 Å². The van der Waals surface area contributed by atoms with Crippen LogP contribution in [-0.4, -0.2) is 37.1 Å². The molecule has 3 nitrogen and oxygen atoms in total. The molecule has 0 aromatic carbocycles. The first kappa shape index (κ1) is 11.4. The predicted molar refractivity (Wildman–Crippen MR) is 57.6 cm³/mol. The minimum absolute atomic E-state index is 0.0198. The van der Waals surface area contributed by atoms with Crippen LogP contribution >= 0.6 is 0 Å². The summed E-state index contributed by atoms with van der Waals surface area (Å²) in [7, 11) is 1.75. The SMILES string of the molecule is CCOC1C(C)C(OC)C2(C(C)O)CC12. The molecule has 2 rings (SSSR count). The second kappa shape index (κ2) is 3.72. The monoisotopic (exact) mass is 214 g/mol. The molecule has 0 heterocycles. The molecule has 3 heteroatoms. The van der Waals surface area contributed by atoms with Crippen LogP contribution in [0.25, 0.3) is 0 Å². The Hall–Kier alpha value is -0.120. The van der Waals surface area contributed by atoms with Gasteiger partial charge in [-0.05, 0) is 26.2 Å². The average Bonchev–Trinajstić information content (AvgIpc) is 2.86. The van der Waals surface area contributed by atoms with E-state index >= 15 is 0 Å². The van der Waals surface area contributed by atoms with E-state index in [1.54, 1.807) is 7.11 Å². The Morgan fingerprint density at radius 3 is 2.60 bits per heavy atom. The van der Waals surface area contributed by atoms with Crippen molar-refractivity contribution in [2.75, 3.05) is 13.7 Å². The molecule has 15 heavy (non-hydrogen) atoms. The molecule has 1 N–H and O–H groups in total. The van der Waals surface area contributed by atoms with E-state index in [1.807, 2.05) is 13.8 Å². The third-order valence-electron chi connectivity index (χ3n) is 4.42. The van der Waals surface area contributed by atoms with Crippen molar-refractivity contribution < 1.29 is 14.6 Å². The maximum Gasteiger partial charge on any atom is 0.0706 e. The lowest BCUT2D eigenvalue weighted by Crippen LogP contribution is -2.36. The predicted octanol–water partition coefficient (Wildman–Crippen LogP) is 1.44. The highest BCUT2D eigenvalue weighted by molar-refractivity contribution is 5.21. The van der Waals surface area contributed by atoms with E-state index in [0.29, 0.717) is 11.8 Å². The van der Waals surface area contributed by atoms with Gasteiger partial charge in [0, 0.05) is 25.0 Å². The zero-order valence-electron chi connectivity index (χ0n) is 10.1. The number of fused-ring (bicyclic) bond motifs is 1. The molecule has 0 radical (unpaired) electrons. The van der Waals surface area contributed by atoms with Crippen LogP contribution in [0.2, 0.25) is 0 Å². The third kappa shape index (κ3) is 1.37. The van der Waals surface area contributed by atoms with Crippen molar-refractivity contribution in [1.29, 1.82) is 0 Å². The molecule has 0 aromatic heterocycles. The van der Waals surface area contributed by atoms with Crippen LogP contribution in [-0.2, 0) is 9.47 Å². The lowest BCUT2D eigenvalue weighted by molar-refractivity contribution is -0.0508. The number of ether oxygens (including phenoxy) is 2. The van der Waals surface area contributed by atoms with Crippen LogP contribution in [0.4, 0.5) is 0 Å². The summed E-state index contributed by atoms with van der Waals surface area (Å²) in [4.78, 5) is 0. The summed E-state index contributed by atoms with van der Waals surface area (Å²) in [5, 5.41) is 9.92. The largest absolute Gasteiger partial charge is 0.393 e. The summed E-state index contributed by atoms with van der Waals surface area (Å²) in [6, 6.07) is 0. The molecule has 2 fully saturated rings. The van der Waals surface area contributed by atoms with Crippen LogP contribution in [0.15, 0.2) is 0 Å². The zero-order valence-corrected chi connectivity index (χ0v) is 10.1. The van der Waals surface area contributed by atoms with Crippen LogP contribution in [0.5, 0.6) is 0 Å². The van der Waals surface area contributed by atoms with E-state index in [4.69, 9.17) is 9.47 Å². The number of aliphatic hydroxyl groups is 1. The molecule has 2 aliphatic carbocycles.